The summed E-state index contributed by atoms with van der Waals surface area (Å²) < 4.78 is 0. The zero-order chi connectivity index (χ0) is 8.81. The first-order chi connectivity index (χ1) is 5.86. The van der Waals surface area contributed by atoms with Crippen LogP contribution in [-0.2, 0) is 5.75 Å². The zero-order valence-corrected chi connectivity index (χ0v) is 7.77. The molecule has 0 saturated heterocycles. The minimum absolute atomic E-state index is 0.476. The number of hydrogen-bond donors (Lipinski definition) is 0. The zero-order valence-electron chi connectivity index (χ0n) is 6.95. The topological polar surface area (TPSA) is 25.8 Å². The number of hydrogen-bond acceptors (Lipinski definition) is 3. The van der Waals surface area contributed by atoms with Gasteiger partial charge in [0.05, 0.1) is 5.69 Å². The van der Waals surface area contributed by atoms with Gasteiger partial charge in [-0.3, -0.25) is 0 Å². The van der Waals surface area contributed by atoms with Crippen molar-refractivity contribution < 1.29 is 0 Å². The SMILES string of the molecule is C#Cc1nccc(CSCC)n1. The molecule has 0 fully saturated rings. The van der Waals surface area contributed by atoms with E-state index in [-0.39, 0.29) is 0 Å². The van der Waals surface area contributed by atoms with Crippen molar-refractivity contribution in [2.75, 3.05) is 5.75 Å². The Balaban J connectivity index is 2.68. The first kappa shape index (κ1) is 9.08. The highest BCUT2D eigenvalue weighted by Crippen LogP contribution is 2.08. The van der Waals surface area contributed by atoms with Crippen molar-refractivity contribution in [2.24, 2.45) is 0 Å². The summed E-state index contributed by atoms with van der Waals surface area (Å²) in [6, 6.07) is 1.89. The summed E-state index contributed by atoms with van der Waals surface area (Å²) in [7, 11) is 0. The molecule has 1 aromatic rings. The van der Waals surface area contributed by atoms with Gasteiger partial charge in [-0.05, 0) is 17.7 Å². The van der Waals surface area contributed by atoms with Crippen LogP contribution in [0.15, 0.2) is 12.3 Å². The van der Waals surface area contributed by atoms with Crippen LogP contribution in [0.3, 0.4) is 0 Å². The molecule has 0 spiro atoms. The lowest BCUT2D eigenvalue weighted by atomic mass is 10.4. The van der Waals surface area contributed by atoms with Crippen LogP contribution < -0.4 is 0 Å². The quantitative estimate of drug-likeness (QED) is 0.659. The molecule has 0 aliphatic rings. The van der Waals surface area contributed by atoms with Crippen molar-refractivity contribution in [1.82, 2.24) is 9.97 Å². The molecule has 0 amide bonds. The lowest BCUT2D eigenvalue weighted by Gasteiger charge is -1.97. The second-order valence-corrected chi connectivity index (χ2v) is 3.43. The molecule has 0 aliphatic heterocycles. The van der Waals surface area contributed by atoms with E-state index in [1.54, 1.807) is 6.20 Å². The van der Waals surface area contributed by atoms with E-state index in [1.165, 1.54) is 0 Å². The number of terminal acetylenes is 1. The molecule has 0 N–H and O–H groups in total. The molecule has 0 bridgehead atoms. The highest BCUT2D eigenvalue weighted by atomic mass is 32.2. The maximum atomic E-state index is 5.17. The van der Waals surface area contributed by atoms with Crippen molar-refractivity contribution in [3.05, 3.63) is 23.8 Å². The van der Waals surface area contributed by atoms with Crippen LogP contribution in [0.4, 0.5) is 0 Å². The molecule has 12 heavy (non-hydrogen) atoms. The molecule has 3 heteroatoms. The minimum Gasteiger partial charge on any atom is -0.229 e. The summed E-state index contributed by atoms with van der Waals surface area (Å²) in [5.41, 5.74) is 1.00. The molecule has 1 heterocycles. The molecule has 1 aromatic heterocycles. The monoisotopic (exact) mass is 178 g/mol. The summed E-state index contributed by atoms with van der Waals surface area (Å²) >= 11 is 1.82. The third kappa shape index (κ3) is 2.55. The molecule has 0 saturated carbocycles. The maximum Gasteiger partial charge on any atom is 0.204 e. The molecule has 0 aliphatic carbocycles. The van der Waals surface area contributed by atoms with Gasteiger partial charge in [0, 0.05) is 11.9 Å². The summed E-state index contributed by atoms with van der Waals surface area (Å²) in [6.07, 6.45) is 6.87. The van der Waals surface area contributed by atoms with E-state index in [4.69, 9.17) is 6.42 Å². The molecule has 0 atom stereocenters. The standard InChI is InChI=1S/C9H10N2S/c1-3-9-10-6-5-8(11-9)7-12-4-2/h1,5-6H,4,7H2,2H3. The smallest absolute Gasteiger partial charge is 0.204 e. The van der Waals surface area contributed by atoms with Gasteiger partial charge in [-0.25, -0.2) is 9.97 Å². The van der Waals surface area contributed by atoms with Crippen LogP contribution in [0.1, 0.15) is 18.4 Å². The van der Waals surface area contributed by atoms with E-state index in [9.17, 15) is 0 Å². The number of rotatable bonds is 3. The third-order valence-corrected chi connectivity index (χ3v) is 2.20. The highest BCUT2D eigenvalue weighted by Gasteiger charge is 1.95. The van der Waals surface area contributed by atoms with E-state index in [0.717, 1.165) is 17.2 Å². The van der Waals surface area contributed by atoms with Gasteiger partial charge in [0.25, 0.3) is 0 Å². The van der Waals surface area contributed by atoms with Gasteiger partial charge in [-0.2, -0.15) is 11.8 Å². The van der Waals surface area contributed by atoms with Crippen LogP contribution in [-0.4, -0.2) is 15.7 Å². The third-order valence-electron chi connectivity index (χ3n) is 1.30. The Kier molecular flexibility index (Phi) is 3.62. The van der Waals surface area contributed by atoms with E-state index in [2.05, 4.69) is 22.8 Å². The molecule has 0 unspecified atom stereocenters. The largest absolute Gasteiger partial charge is 0.229 e. The second kappa shape index (κ2) is 4.78. The first-order valence-electron chi connectivity index (χ1n) is 3.73. The van der Waals surface area contributed by atoms with Crippen molar-refractivity contribution in [2.45, 2.75) is 12.7 Å². The fraction of sp³-hybridized carbons (Fsp3) is 0.333. The molecule has 0 radical (unpaired) electrons. The van der Waals surface area contributed by atoms with Crippen LogP contribution in [0.2, 0.25) is 0 Å². The fourth-order valence-corrected chi connectivity index (χ4v) is 1.33. The number of aromatic nitrogens is 2. The summed E-state index contributed by atoms with van der Waals surface area (Å²) in [6.45, 7) is 2.12. The van der Waals surface area contributed by atoms with E-state index >= 15 is 0 Å². The molecule has 62 valence electrons. The summed E-state index contributed by atoms with van der Waals surface area (Å²) in [5.74, 6) is 4.89. The Morgan fingerprint density at radius 3 is 3.17 bits per heavy atom. The number of nitrogens with zero attached hydrogens (tertiary/aromatic N) is 2. The van der Waals surface area contributed by atoms with Gasteiger partial charge in [0.15, 0.2) is 0 Å². The highest BCUT2D eigenvalue weighted by molar-refractivity contribution is 7.98. The normalized spacial score (nSPS) is 9.33. The average molecular weight is 178 g/mol. The van der Waals surface area contributed by atoms with Crippen molar-refractivity contribution in [3.8, 4) is 12.3 Å². The second-order valence-electron chi connectivity index (χ2n) is 2.15. The van der Waals surface area contributed by atoms with E-state index < -0.39 is 0 Å². The Morgan fingerprint density at radius 1 is 1.67 bits per heavy atom. The Hall–Kier alpha value is -1.01. The van der Waals surface area contributed by atoms with Crippen molar-refractivity contribution in [1.29, 1.82) is 0 Å². The van der Waals surface area contributed by atoms with Gasteiger partial charge in [0.2, 0.25) is 5.82 Å². The molecule has 0 aromatic carbocycles. The van der Waals surface area contributed by atoms with Crippen LogP contribution >= 0.6 is 11.8 Å². The Morgan fingerprint density at radius 2 is 2.50 bits per heavy atom. The van der Waals surface area contributed by atoms with Gasteiger partial charge < -0.3 is 0 Å². The van der Waals surface area contributed by atoms with Crippen molar-refractivity contribution >= 4 is 11.8 Å². The Labute approximate surface area is 76.8 Å². The van der Waals surface area contributed by atoms with Crippen LogP contribution in [0.5, 0.6) is 0 Å². The van der Waals surface area contributed by atoms with Gasteiger partial charge in [-0.15, -0.1) is 6.42 Å². The lowest BCUT2D eigenvalue weighted by Crippen LogP contribution is -1.93. The van der Waals surface area contributed by atoms with E-state index in [0.29, 0.717) is 5.82 Å². The van der Waals surface area contributed by atoms with Gasteiger partial charge in [0.1, 0.15) is 0 Å². The summed E-state index contributed by atoms with van der Waals surface area (Å²) in [4.78, 5) is 8.07. The Bertz CT molecular complexity index is 291. The molecular formula is C9H10N2S. The maximum absolute atomic E-state index is 5.17. The minimum atomic E-state index is 0.476. The lowest BCUT2D eigenvalue weighted by molar-refractivity contribution is 1.06. The first-order valence-corrected chi connectivity index (χ1v) is 4.88. The van der Waals surface area contributed by atoms with Crippen LogP contribution in [0.25, 0.3) is 0 Å². The van der Waals surface area contributed by atoms with E-state index in [1.807, 2.05) is 17.8 Å². The molecular weight excluding hydrogens is 168 g/mol. The van der Waals surface area contributed by atoms with Gasteiger partial charge in [-0.1, -0.05) is 6.92 Å². The number of thioether (sulfide) groups is 1. The predicted molar refractivity (Wildman–Crippen MR) is 51.8 cm³/mol. The predicted octanol–water partition coefficient (Wildman–Crippen LogP) is 1.71. The molecule has 2 nitrogen and oxygen atoms in total. The molecule has 1 rings (SSSR count). The van der Waals surface area contributed by atoms with Crippen LogP contribution in [0, 0.1) is 12.3 Å². The fourth-order valence-electron chi connectivity index (χ4n) is 0.753. The van der Waals surface area contributed by atoms with Gasteiger partial charge >= 0.3 is 0 Å². The average Bonchev–Trinajstić information content (AvgIpc) is 2.15. The van der Waals surface area contributed by atoms with Crippen molar-refractivity contribution in [3.63, 3.8) is 0 Å². The summed E-state index contributed by atoms with van der Waals surface area (Å²) in [5, 5.41) is 0.